The molecule has 0 aliphatic heterocycles. The fourth-order valence-electron chi connectivity index (χ4n) is 3.99. The number of aromatic nitrogens is 3. The molecule has 4 rings (SSSR count). The van der Waals surface area contributed by atoms with Crippen molar-refractivity contribution in [3.8, 4) is 0 Å². The fraction of sp³-hybridized carbons (Fsp3) is 0.391. The van der Waals surface area contributed by atoms with Gasteiger partial charge in [0.2, 0.25) is 5.95 Å². The SMILES string of the molecule is CN(C)c1nc(N[C@H]2CC[C@@H](CNC(=O)c3cccnc3)CC2)nc2ccccc12. The van der Waals surface area contributed by atoms with Crippen LogP contribution in [0.25, 0.3) is 10.9 Å². The Kier molecular flexibility index (Phi) is 6.07. The molecule has 0 bridgehead atoms. The summed E-state index contributed by atoms with van der Waals surface area (Å²) >= 11 is 0. The summed E-state index contributed by atoms with van der Waals surface area (Å²) in [6.07, 6.45) is 7.49. The lowest BCUT2D eigenvalue weighted by Gasteiger charge is -2.29. The molecule has 0 spiro atoms. The van der Waals surface area contributed by atoms with Crippen LogP contribution in [-0.2, 0) is 0 Å². The van der Waals surface area contributed by atoms with Gasteiger partial charge in [0.15, 0.2) is 0 Å². The Labute approximate surface area is 176 Å². The van der Waals surface area contributed by atoms with Crippen molar-refractivity contribution in [2.75, 3.05) is 30.9 Å². The van der Waals surface area contributed by atoms with E-state index in [1.54, 1.807) is 24.5 Å². The van der Waals surface area contributed by atoms with Crippen molar-refractivity contribution in [2.45, 2.75) is 31.7 Å². The van der Waals surface area contributed by atoms with Crippen molar-refractivity contribution in [2.24, 2.45) is 5.92 Å². The summed E-state index contributed by atoms with van der Waals surface area (Å²) in [6.45, 7) is 0.706. The Bertz CT molecular complexity index is 999. The van der Waals surface area contributed by atoms with Gasteiger partial charge in [-0.05, 0) is 55.9 Å². The van der Waals surface area contributed by atoms with Crippen molar-refractivity contribution < 1.29 is 4.79 Å². The first-order valence-corrected chi connectivity index (χ1v) is 10.5. The summed E-state index contributed by atoms with van der Waals surface area (Å²) in [4.78, 5) is 27.7. The third-order valence-electron chi connectivity index (χ3n) is 5.66. The Morgan fingerprint density at radius 2 is 1.87 bits per heavy atom. The van der Waals surface area contributed by atoms with E-state index in [2.05, 4.69) is 21.7 Å². The average Bonchev–Trinajstić information content (AvgIpc) is 2.78. The monoisotopic (exact) mass is 404 g/mol. The molecule has 30 heavy (non-hydrogen) atoms. The normalized spacial score (nSPS) is 18.7. The largest absolute Gasteiger partial charge is 0.362 e. The van der Waals surface area contributed by atoms with Crippen LogP contribution in [0.3, 0.4) is 0 Å². The third-order valence-corrected chi connectivity index (χ3v) is 5.66. The number of rotatable bonds is 6. The van der Waals surface area contributed by atoms with Gasteiger partial charge < -0.3 is 15.5 Å². The molecule has 2 heterocycles. The molecule has 1 aliphatic carbocycles. The summed E-state index contributed by atoms with van der Waals surface area (Å²) in [6, 6.07) is 12.0. The molecule has 0 unspecified atom stereocenters. The van der Waals surface area contributed by atoms with Gasteiger partial charge in [-0.3, -0.25) is 9.78 Å². The molecule has 156 valence electrons. The highest BCUT2D eigenvalue weighted by Crippen LogP contribution is 2.28. The van der Waals surface area contributed by atoms with Gasteiger partial charge in [-0.2, -0.15) is 4.98 Å². The van der Waals surface area contributed by atoms with Crippen LogP contribution in [0.2, 0.25) is 0 Å². The van der Waals surface area contributed by atoms with Crippen molar-refractivity contribution in [3.63, 3.8) is 0 Å². The first-order valence-electron chi connectivity index (χ1n) is 10.5. The highest BCUT2D eigenvalue weighted by atomic mass is 16.1. The number of nitrogens with zero attached hydrogens (tertiary/aromatic N) is 4. The maximum absolute atomic E-state index is 12.2. The first-order chi connectivity index (χ1) is 14.6. The minimum absolute atomic E-state index is 0.0517. The highest BCUT2D eigenvalue weighted by Gasteiger charge is 2.23. The van der Waals surface area contributed by atoms with Gasteiger partial charge in [0.1, 0.15) is 5.82 Å². The molecule has 0 saturated heterocycles. The average molecular weight is 405 g/mol. The predicted octanol–water partition coefficient (Wildman–Crippen LogP) is 3.49. The van der Waals surface area contributed by atoms with E-state index >= 15 is 0 Å². The molecule has 1 saturated carbocycles. The van der Waals surface area contributed by atoms with Gasteiger partial charge in [0.05, 0.1) is 11.1 Å². The Balaban J connectivity index is 1.32. The third kappa shape index (κ3) is 4.67. The van der Waals surface area contributed by atoms with E-state index in [0.29, 0.717) is 30.0 Å². The van der Waals surface area contributed by atoms with Crippen LogP contribution in [0.4, 0.5) is 11.8 Å². The molecule has 2 aromatic heterocycles. The number of anilines is 2. The molecule has 1 fully saturated rings. The molecule has 1 amide bonds. The lowest BCUT2D eigenvalue weighted by molar-refractivity contribution is 0.0943. The minimum Gasteiger partial charge on any atom is -0.362 e. The van der Waals surface area contributed by atoms with Crippen LogP contribution < -0.4 is 15.5 Å². The number of nitrogens with one attached hydrogen (secondary N) is 2. The van der Waals surface area contributed by atoms with Crippen LogP contribution in [0.15, 0.2) is 48.8 Å². The van der Waals surface area contributed by atoms with Crippen molar-refractivity contribution in [1.82, 2.24) is 20.3 Å². The number of hydrogen-bond donors (Lipinski definition) is 2. The quantitative estimate of drug-likeness (QED) is 0.654. The maximum Gasteiger partial charge on any atom is 0.252 e. The highest BCUT2D eigenvalue weighted by molar-refractivity contribution is 5.93. The van der Waals surface area contributed by atoms with Gasteiger partial charge >= 0.3 is 0 Å². The molecule has 1 aliphatic rings. The molecule has 2 N–H and O–H groups in total. The summed E-state index contributed by atoms with van der Waals surface area (Å²) in [5, 5.41) is 7.64. The summed E-state index contributed by atoms with van der Waals surface area (Å²) in [5.41, 5.74) is 1.56. The predicted molar refractivity (Wildman–Crippen MR) is 120 cm³/mol. The van der Waals surface area contributed by atoms with E-state index in [1.165, 1.54) is 0 Å². The van der Waals surface area contributed by atoms with E-state index in [1.807, 2.05) is 37.2 Å². The molecule has 7 nitrogen and oxygen atoms in total. The minimum atomic E-state index is -0.0517. The zero-order chi connectivity index (χ0) is 20.9. The first kappa shape index (κ1) is 20.1. The second kappa shape index (κ2) is 9.07. The number of fused-ring (bicyclic) bond motifs is 1. The molecule has 7 heteroatoms. The standard InChI is InChI=1S/C23H28N6O/c1-29(2)21-19-7-3-4-8-20(19)27-23(28-21)26-18-11-9-16(10-12-18)14-25-22(30)17-6-5-13-24-15-17/h3-8,13,15-16,18H,9-12,14H2,1-2H3,(H,25,30)(H,26,27,28)/t16-,18+. The second-order valence-corrected chi connectivity index (χ2v) is 8.10. The van der Waals surface area contributed by atoms with E-state index in [0.717, 1.165) is 42.4 Å². The second-order valence-electron chi connectivity index (χ2n) is 8.10. The van der Waals surface area contributed by atoms with Crippen LogP contribution in [0.5, 0.6) is 0 Å². The van der Waals surface area contributed by atoms with Gasteiger partial charge in [-0.25, -0.2) is 4.98 Å². The Morgan fingerprint density at radius 1 is 1.07 bits per heavy atom. The number of para-hydroxylation sites is 1. The number of hydrogen-bond acceptors (Lipinski definition) is 6. The number of carbonyl (C=O) groups excluding carboxylic acids is 1. The number of carbonyl (C=O) groups is 1. The smallest absolute Gasteiger partial charge is 0.252 e. The van der Waals surface area contributed by atoms with Crippen LogP contribution in [0, 0.1) is 5.92 Å². The van der Waals surface area contributed by atoms with E-state index < -0.39 is 0 Å². The van der Waals surface area contributed by atoms with Crippen molar-refractivity contribution >= 4 is 28.6 Å². The zero-order valence-corrected chi connectivity index (χ0v) is 17.5. The Morgan fingerprint density at radius 3 is 2.60 bits per heavy atom. The topological polar surface area (TPSA) is 83.0 Å². The zero-order valence-electron chi connectivity index (χ0n) is 17.5. The summed E-state index contributed by atoms with van der Waals surface area (Å²) in [7, 11) is 4.01. The van der Waals surface area contributed by atoms with Crippen LogP contribution >= 0.6 is 0 Å². The summed E-state index contributed by atoms with van der Waals surface area (Å²) < 4.78 is 0. The lowest BCUT2D eigenvalue weighted by Crippen LogP contribution is -2.34. The van der Waals surface area contributed by atoms with E-state index in [-0.39, 0.29) is 5.91 Å². The molecule has 0 radical (unpaired) electrons. The van der Waals surface area contributed by atoms with Gasteiger partial charge in [-0.1, -0.05) is 12.1 Å². The van der Waals surface area contributed by atoms with Crippen molar-refractivity contribution in [3.05, 3.63) is 54.4 Å². The fourth-order valence-corrected chi connectivity index (χ4v) is 3.99. The van der Waals surface area contributed by atoms with Gasteiger partial charge in [0, 0.05) is 44.5 Å². The number of pyridine rings is 1. The molecular weight excluding hydrogens is 376 g/mol. The maximum atomic E-state index is 12.2. The molecule has 3 aromatic rings. The summed E-state index contributed by atoms with van der Waals surface area (Å²) in [5.74, 6) is 2.06. The Hall–Kier alpha value is -3.22. The molecule has 1 aromatic carbocycles. The molecule has 0 atom stereocenters. The molecular formula is C23H28N6O. The number of benzene rings is 1. The van der Waals surface area contributed by atoms with E-state index in [9.17, 15) is 4.79 Å². The van der Waals surface area contributed by atoms with Crippen LogP contribution in [-0.4, -0.2) is 47.5 Å². The van der Waals surface area contributed by atoms with Crippen LogP contribution in [0.1, 0.15) is 36.0 Å². The van der Waals surface area contributed by atoms with Gasteiger partial charge in [-0.15, -0.1) is 0 Å². The number of amides is 1. The van der Waals surface area contributed by atoms with E-state index in [4.69, 9.17) is 9.97 Å². The lowest BCUT2D eigenvalue weighted by atomic mass is 9.86. The van der Waals surface area contributed by atoms with Gasteiger partial charge in [0.25, 0.3) is 5.91 Å². The van der Waals surface area contributed by atoms with Crippen molar-refractivity contribution in [1.29, 1.82) is 0 Å².